The van der Waals surface area contributed by atoms with Gasteiger partial charge in [-0.15, -0.1) is 0 Å². The second-order valence-electron chi connectivity index (χ2n) is 12.2. The molecule has 0 spiro atoms. The zero-order valence-corrected chi connectivity index (χ0v) is 24.0. The van der Waals surface area contributed by atoms with E-state index in [-0.39, 0.29) is 6.04 Å². The Balaban J connectivity index is 1.31. The van der Waals surface area contributed by atoms with Gasteiger partial charge in [-0.1, -0.05) is 67.1 Å². The zero-order valence-electron chi connectivity index (χ0n) is 24.0. The van der Waals surface area contributed by atoms with E-state index in [1.165, 1.54) is 16.3 Å². The maximum atomic E-state index is 12.8. The van der Waals surface area contributed by atoms with Crippen LogP contribution in [0.5, 0.6) is 0 Å². The van der Waals surface area contributed by atoms with Gasteiger partial charge in [0.25, 0.3) is 5.91 Å². The Morgan fingerprint density at radius 1 is 1.07 bits per heavy atom. The van der Waals surface area contributed by atoms with E-state index in [9.17, 15) is 19.5 Å². The molecule has 1 unspecified atom stereocenters. The molecule has 0 saturated heterocycles. The van der Waals surface area contributed by atoms with Crippen LogP contribution in [0.25, 0.3) is 10.8 Å². The minimum Gasteiger partial charge on any atom is -0.480 e. The monoisotopic (exact) mass is 546 g/mol. The molecule has 4 rings (SSSR count). The molecule has 0 aromatic heterocycles. The molecule has 7 heteroatoms. The third kappa shape index (κ3) is 7.81. The van der Waals surface area contributed by atoms with Crippen molar-refractivity contribution in [2.45, 2.75) is 89.9 Å². The molecular formula is C33H42N2O5. The van der Waals surface area contributed by atoms with Crippen LogP contribution in [0.4, 0.5) is 0 Å². The van der Waals surface area contributed by atoms with Crippen molar-refractivity contribution >= 4 is 28.6 Å². The Bertz CT molecular complexity index is 1290. The standard InChI is InChI=1S/C33H42N2O5/c1-21(27-14-8-10-23-9-5-6-13-28(23)27)34-26-12-7-11-25(19-26)22-15-17-24(18-16-22)31(37)35-29(32(38)39)20-30(36)40-33(2,3)4/h5-6,8-10,13-15,17-18,21-22,25-26,29,34H,7,11-12,16,19-20H2,1-4H3,(H,35,37)(H,38,39)/t21-,22?,25+,26+,29+/m1/s1. The molecule has 1 fully saturated rings. The summed E-state index contributed by atoms with van der Waals surface area (Å²) in [6.45, 7) is 7.38. The first-order valence-corrected chi connectivity index (χ1v) is 14.4. The number of carboxylic acid groups (broad SMARTS) is 1. The van der Waals surface area contributed by atoms with Gasteiger partial charge in [-0.25, -0.2) is 4.79 Å². The highest BCUT2D eigenvalue weighted by molar-refractivity contribution is 5.99. The minimum atomic E-state index is -1.34. The first kappa shape index (κ1) is 29.5. The SMILES string of the molecule is C[C@@H](N[C@H]1CCC[C@H](C2C=CC(C(=O)N[C@@H](CC(=O)OC(C)(C)C)C(=O)O)=CC2)C1)c1cccc2ccccc12. The number of carbonyl (C=O) groups excluding carboxylic acids is 2. The number of rotatable bonds is 9. The van der Waals surface area contributed by atoms with Gasteiger partial charge in [-0.2, -0.15) is 0 Å². The number of aliphatic carboxylic acids is 1. The number of benzene rings is 2. The van der Waals surface area contributed by atoms with Gasteiger partial charge in [0, 0.05) is 17.7 Å². The molecule has 3 N–H and O–H groups in total. The minimum absolute atomic E-state index is 0.245. The first-order chi connectivity index (χ1) is 19.0. The van der Waals surface area contributed by atoms with Gasteiger partial charge < -0.3 is 20.5 Å². The van der Waals surface area contributed by atoms with Crippen LogP contribution in [0.1, 0.15) is 77.8 Å². The molecule has 7 nitrogen and oxygen atoms in total. The number of fused-ring (bicyclic) bond motifs is 1. The lowest BCUT2D eigenvalue weighted by atomic mass is 9.74. The molecular weight excluding hydrogens is 504 g/mol. The third-order valence-corrected chi connectivity index (χ3v) is 7.89. The zero-order chi connectivity index (χ0) is 28.9. The number of amides is 1. The van der Waals surface area contributed by atoms with Crippen molar-refractivity contribution < 1.29 is 24.2 Å². The Hall–Kier alpha value is -3.45. The van der Waals surface area contributed by atoms with E-state index in [2.05, 4.69) is 66.1 Å². The van der Waals surface area contributed by atoms with Crippen LogP contribution in [-0.2, 0) is 19.1 Å². The maximum absolute atomic E-state index is 12.8. The molecule has 0 radical (unpaired) electrons. The highest BCUT2D eigenvalue weighted by Crippen LogP contribution is 2.36. The molecule has 1 amide bonds. The number of carbonyl (C=O) groups is 3. The van der Waals surface area contributed by atoms with E-state index in [1.54, 1.807) is 26.8 Å². The molecule has 2 aromatic carbocycles. The number of allylic oxidation sites excluding steroid dienone is 2. The van der Waals surface area contributed by atoms with E-state index >= 15 is 0 Å². The lowest BCUT2D eigenvalue weighted by Crippen LogP contribution is -2.43. The summed E-state index contributed by atoms with van der Waals surface area (Å²) >= 11 is 0. The number of esters is 1. The normalized spacial score (nSPS) is 22.7. The van der Waals surface area contributed by atoms with E-state index in [1.807, 2.05) is 6.08 Å². The summed E-state index contributed by atoms with van der Waals surface area (Å²) in [6, 6.07) is 14.3. The van der Waals surface area contributed by atoms with Gasteiger partial charge in [-0.05, 0) is 81.5 Å². The van der Waals surface area contributed by atoms with Crippen molar-refractivity contribution in [3.63, 3.8) is 0 Å². The van der Waals surface area contributed by atoms with Crippen molar-refractivity contribution in [2.24, 2.45) is 11.8 Å². The van der Waals surface area contributed by atoms with Crippen LogP contribution < -0.4 is 10.6 Å². The highest BCUT2D eigenvalue weighted by atomic mass is 16.6. The summed E-state index contributed by atoms with van der Waals surface area (Å²) in [4.78, 5) is 36.6. The summed E-state index contributed by atoms with van der Waals surface area (Å²) in [5, 5.41) is 18.4. The second kappa shape index (κ2) is 12.8. The van der Waals surface area contributed by atoms with Crippen LogP contribution in [0.2, 0.25) is 0 Å². The van der Waals surface area contributed by atoms with Crippen molar-refractivity contribution in [2.75, 3.05) is 0 Å². The number of nitrogens with one attached hydrogen (secondary N) is 2. The average Bonchev–Trinajstić information content (AvgIpc) is 2.91. The fourth-order valence-corrected chi connectivity index (χ4v) is 5.99. The van der Waals surface area contributed by atoms with Gasteiger partial charge in [0.15, 0.2) is 0 Å². The maximum Gasteiger partial charge on any atom is 0.326 e. The molecule has 0 bridgehead atoms. The lowest BCUT2D eigenvalue weighted by molar-refractivity contribution is -0.158. The molecule has 214 valence electrons. The molecule has 2 aliphatic rings. The molecule has 5 atom stereocenters. The Morgan fingerprint density at radius 3 is 2.52 bits per heavy atom. The lowest BCUT2D eigenvalue weighted by Gasteiger charge is -2.36. The van der Waals surface area contributed by atoms with Crippen LogP contribution in [-0.4, -0.2) is 40.6 Å². The van der Waals surface area contributed by atoms with Crippen LogP contribution in [0.3, 0.4) is 0 Å². The van der Waals surface area contributed by atoms with E-state index in [4.69, 9.17) is 4.74 Å². The Morgan fingerprint density at radius 2 is 1.82 bits per heavy atom. The molecule has 2 aromatic rings. The predicted octanol–water partition coefficient (Wildman–Crippen LogP) is 5.85. The summed E-state index contributed by atoms with van der Waals surface area (Å²) in [5.41, 5.74) is 1.03. The summed E-state index contributed by atoms with van der Waals surface area (Å²) in [5.74, 6) is -1.56. The number of hydrogen-bond donors (Lipinski definition) is 3. The topological polar surface area (TPSA) is 105 Å². The van der Waals surface area contributed by atoms with Crippen molar-refractivity contribution in [3.8, 4) is 0 Å². The fourth-order valence-electron chi connectivity index (χ4n) is 5.99. The Kier molecular flexibility index (Phi) is 9.46. The number of hydrogen-bond acceptors (Lipinski definition) is 5. The van der Waals surface area contributed by atoms with Crippen molar-refractivity contribution in [3.05, 3.63) is 71.8 Å². The van der Waals surface area contributed by atoms with E-state index in [0.717, 1.165) is 32.1 Å². The van der Waals surface area contributed by atoms with Gasteiger partial charge >= 0.3 is 11.9 Å². The second-order valence-corrected chi connectivity index (χ2v) is 12.2. The molecule has 2 aliphatic carbocycles. The van der Waals surface area contributed by atoms with Crippen LogP contribution >= 0.6 is 0 Å². The smallest absolute Gasteiger partial charge is 0.326 e. The average molecular weight is 547 g/mol. The summed E-state index contributed by atoms with van der Waals surface area (Å²) in [7, 11) is 0. The molecule has 0 heterocycles. The van der Waals surface area contributed by atoms with Gasteiger partial charge in [0.05, 0.1) is 6.42 Å². The Labute approximate surface area is 237 Å². The summed E-state index contributed by atoms with van der Waals surface area (Å²) in [6.07, 6.45) is 10.6. The summed E-state index contributed by atoms with van der Waals surface area (Å²) < 4.78 is 5.22. The van der Waals surface area contributed by atoms with Crippen LogP contribution in [0, 0.1) is 11.8 Å². The predicted molar refractivity (Wildman–Crippen MR) is 157 cm³/mol. The highest BCUT2D eigenvalue weighted by Gasteiger charge is 2.31. The van der Waals surface area contributed by atoms with E-state index in [0.29, 0.717) is 23.5 Å². The molecule has 40 heavy (non-hydrogen) atoms. The number of carboxylic acids is 1. The van der Waals surface area contributed by atoms with Gasteiger partial charge in [0.2, 0.25) is 0 Å². The molecule has 1 saturated carbocycles. The quantitative estimate of drug-likeness (QED) is 0.341. The van der Waals surface area contributed by atoms with Gasteiger partial charge in [0.1, 0.15) is 11.6 Å². The molecule has 0 aliphatic heterocycles. The fraction of sp³-hybridized carbons (Fsp3) is 0.485. The largest absolute Gasteiger partial charge is 0.480 e. The first-order valence-electron chi connectivity index (χ1n) is 14.4. The van der Waals surface area contributed by atoms with E-state index < -0.39 is 35.9 Å². The van der Waals surface area contributed by atoms with Crippen molar-refractivity contribution in [1.29, 1.82) is 0 Å². The third-order valence-electron chi connectivity index (χ3n) is 7.89. The van der Waals surface area contributed by atoms with Gasteiger partial charge in [-0.3, -0.25) is 9.59 Å². The number of ether oxygens (including phenoxy) is 1. The van der Waals surface area contributed by atoms with Crippen LogP contribution in [0.15, 0.2) is 66.3 Å². The van der Waals surface area contributed by atoms with Crippen molar-refractivity contribution in [1.82, 2.24) is 10.6 Å².